The summed E-state index contributed by atoms with van der Waals surface area (Å²) < 4.78 is 32.8. The van der Waals surface area contributed by atoms with Crippen molar-refractivity contribution >= 4 is 50.3 Å². The van der Waals surface area contributed by atoms with E-state index in [0.717, 1.165) is 17.7 Å². The Kier molecular flexibility index (Phi) is 6.02. The summed E-state index contributed by atoms with van der Waals surface area (Å²) in [4.78, 5) is 36.9. The summed E-state index contributed by atoms with van der Waals surface area (Å²) in [5.41, 5.74) is 0. The summed E-state index contributed by atoms with van der Waals surface area (Å²) in [5, 5.41) is -1.01. The molecule has 0 radical (unpaired) electrons. The minimum Gasteiger partial charge on any atom is -0.428 e. The normalized spacial score (nSPS) is 28.9. The summed E-state index contributed by atoms with van der Waals surface area (Å²) >= 11 is 1.77. The molecule has 2 aliphatic rings. The molecule has 25 heavy (non-hydrogen) atoms. The minimum absolute atomic E-state index is 0.234. The smallest absolute Gasteiger partial charge is 0.333 e. The molecule has 3 atom stereocenters. The Hall–Kier alpha value is -0.910. The van der Waals surface area contributed by atoms with Gasteiger partial charge in [0.1, 0.15) is 14.7 Å². The number of alkyl halides is 1. The minimum atomic E-state index is -3.71. The number of hydrogen-bond donors (Lipinski definition) is 0. The molecule has 2 fully saturated rings. The Bertz CT molecular complexity index is 675. The van der Waals surface area contributed by atoms with E-state index in [9.17, 15) is 22.8 Å². The number of rotatable bonds is 7. The fourth-order valence-electron chi connectivity index (χ4n) is 3.05. The number of sulfone groups is 1. The zero-order valence-electron chi connectivity index (χ0n) is 14.4. The van der Waals surface area contributed by atoms with Crippen LogP contribution in [0.5, 0.6) is 0 Å². The summed E-state index contributed by atoms with van der Waals surface area (Å²) in [6.45, 7) is 4.23. The molecule has 0 N–H and O–H groups in total. The van der Waals surface area contributed by atoms with Gasteiger partial charge in [-0.3, -0.25) is 9.59 Å². The molecule has 2 heterocycles. The van der Waals surface area contributed by atoms with Crippen molar-refractivity contribution in [1.29, 1.82) is 0 Å². The second kappa shape index (κ2) is 7.37. The first-order valence-corrected chi connectivity index (χ1v) is 10.9. The highest BCUT2D eigenvalue weighted by Crippen LogP contribution is 2.48. The monoisotopic (exact) mass is 487 g/mol. The molecule has 0 aromatic rings. The molecule has 0 aliphatic carbocycles. The van der Waals surface area contributed by atoms with Gasteiger partial charge in [0.05, 0.1) is 0 Å². The molecule has 2 saturated heterocycles. The van der Waals surface area contributed by atoms with Crippen LogP contribution in [-0.4, -0.2) is 58.0 Å². The molecule has 0 unspecified atom stereocenters. The number of halogens is 1. The average molecular weight is 487 g/mol. The van der Waals surface area contributed by atoms with E-state index in [-0.39, 0.29) is 6.42 Å². The SMILES string of the molecule is CCCCCC(=O)OCOC(=O)[C@@H]1N2C(=O)[C@@H](I)[C@H]2S(=O)(=O)C1(C)C. The lowest BCUT2D eigenvalue weighted by molar-refractivity contribution is -0.175. The van der Waals surface area contributed by atoms with Gasteiger partial charge in [-0.15, -0.1) is 0 Å². The van der Waals surface area contributed by atoms with Gasteiger partial charge in [0, 0.05) is 6.42 Å². The van der Waals surface area contributed by atoms with Crippen molar-refractivity contribution in [3.63, 3.8) is 0 Å². The standard InChI is InChI=1S/C15H22INO7S/c1-4-5-6-7-9(18)23-8-24-14(20)11-15(2,3)25(21,22)13-10(16)12(19)17(11)13/h10-11,13H,4-8H2,1-3H3/t10-,11+,13-/m1/s1. The predicted octanol–water partition coefficient (Wildman–Crippen LogP) is 1.16. The lowest BCUT2D eigenvalue weighted by atomic mass is 9.98. The van der Waals surface area contributed by atoms with E-state index in [1.807, 2.05) is 6.92 Å². The molecule has 142 valence electrons. The Labute approximate surface area is 160 Å². The van der Waals surface area contributed by atoms with Gasteiger partial charge < -0.3 is 14.4 Å². The van der Waals surface area contributed by atoms with Crippen LogP contribution in [-0.2, 0) is 33.7 Å². The number of ether oxygens (including phenoxy) is 2. The molecular weight excluding hydrogens is 465 g/mol. The van der Waals surface area contributed by atoms with Crippen molar-refractivity contribution in [1.82, 2.24) is 4.90 Å². The third kappa shape index (κ3) is 3.38. The first-order chi connectivity index (χ1) is 11.6. The summed E-state index contributed by atoms with van der Waals surface area (Å²) in [5.74, 6) is -1.77. The molecule has 2 aliphatic heterocycles. The number of unbranched alkanes of at least 4 members (excludes halogenated alkanes) is 2. The maximum absolute atomic E-state index is 12.6. The van der Waals surface area contributed by atoms with Gasteiger partial charge in [-0.2, -0.15) is 0 Å². The van der Waals surface area contributed by atoms with Gasteiger partial charge >= 0.3 is 11.9 Å². The van der Waals surface area contributed by atoms with Crippen molar-refractivity contribution in [2.24, 2.45) is 0 Å². The topological polar surface area (TPSA) is 107 Å². The molecule has 0 aromatic carbocycles. The van der Waals surface area contributed by atoms with Crippen molar-refractivity contribution in [3.8, 4) is 0 Å². The van der Waals surface area contributed by atoms with Crippen LogP contribution in [0.25, 0.3) is 0 Å². The lowest BCUT2D eigenvalue weighted by Gasteiger charge is -2.40. The lowest BCUT2D eigenvalue weighted by Crippen LogP contribution is -2.64. The molecule has 0 bridgehead atoms. The van der Waals surface area contributed by atoms with E-state index in [1.165, 1.54) is 13.8 Å². The van der Waals surface area contributed by atoms with Crippen molar-refractivity contribution in [2.45, 2.75) is 66.5 Å². The number of amides is 1. The van der Waals surface area contributed by atoms with Crippen molar-refractivity contribution in [2.75, 3.05) is 6.79 Å². The Morgan fingerprint density at radius 2 is 1.88 bits per heavy atom. The maximum atomic E-state index is 12.6. The predicted molar refractivity (Wildman–Crippen MR) is 96.4 cm³/mol. The Morgan fingerprint density at radius 1 is 1.24 bits per heavy atom. The number of hydrogen-bond acceptors (Lipinski definition) is 7. The van der Waals surface area contributed by atoms with Crippen LogP contribution in [0, 0.1) is 0 Å². The second-order valence-electron chi connectivity index (χ2n) is 6.64. The van der Waals surface area contributed by atoms with Gasteiger partial charge in [-0.1, -0.05) is 42.4 Å². The molecule has 10 heteroatoms. The number of β-lactam (4-membered cyclic amide) rings is 1. The molecular formula is C15H22INO7S. The fourth-order valence-corrected chi connectivity index (χ4v) is 6.98. The van der Waals surface area contributed by atoms with E-state index in [1.54, 1.807) is 22.6 Å². The highest BCUT2D eigenvalue weighted by molar-refractivity contribution is 14.1. The number of carbonyl (C=O) groups excluding carboxylic acids is 3. The van der Waals surface area contributed by atoms with E-state index in [0.29, 0.717) is 6.42 Å². The number of nitrogens with zero attached hydrogens (tertiary/aromatic N) is 1. The highest BCUT2D eigenvalue weighted by Gasteiger charge is 2.71. The zero-order chi connectivity index (χ0) is 19.0. The van der Waals surface area contributed by atoms with Crippen LogP contribution in [0.2, 0.25) is 0 Å². The van der Waals surface area contributed by atoms with Gasteiger partial charge in [-0.05, 0) is 20.3 Å². The van der Waals surface area contributed by atoms with Crippen LogP contribution >= 0.6 is 22.6 Å². The maximum Gasteiger partial charge on any atom is 0.333 e. The van der Waals surface area contributed by atoms with E-state index >= 15 is 0 Å². The average Bonchev–Trinajstić information content (AvgIpc) is 2.68. The van der Waals surface area contributed by atoms with E-state index < -0.39 is 54.6 Å². The Morgan fingerprint density at radius 3 is 2.48 bits per heavy atom. The van der Waals surface area contributed by atoms with Crippen molar-refractivity contribution < 1.29 is 32.3 Å². The van der Waals surface area contributed by atoms with Crippen LogP contribution in [0.1, 0.15) is 46.5 Å². The van der Waals surface area contributed by atoms with Gasteiger partial charge in [0.2, 0.25) is 12.7 Å². The van der Waals surface area contributed by atoms with Crippen LogP contribution in [0.3, 0.4) is 0 Å². The largest absolute Gasteiger partial charge is 0.428 e. The Balaban J connectivity index is 1.97. The summed E-state index contributed by atoms with van der Waals surface area (Å²) in [6.07, 6.45) is 2.80. The van der Waals surface area contributed by atoms with Gasteiger partial charge in [0.25, 0.3) is 0 Å². The fraction of sp³-hybridized carbons (Fsp3) is 0.800. The van der Waals surface area contributed by atoms with E-state index in [4.69, 9.17) is 9.47 Å². The van der Waals surface area contributed by atoms with Crippen LogP contribution in [0.4, 0.5) is 0 Å². The molecule has 1 amide bonds. The summed E-state index contributed by atoms with van der Waals surface area (Å²) in [7, 11) is -3.71. The van der Waals surface area contributed by atoms with Crippen LogP contribution < -0.4 is 0 Å². The molecule has 0 spiro atoms. The van der Waals surface area contributed by atoms with Crippen LogP contribution in [0.15, 0.2) is 0 Å². The first kappa shape index (κ1) is 20.4. The molecule has 2 rings (SSSR count). The third-order valence-corrected chi connectivity index (χ3v) is 9.16. The van der Waals surface area contributed by atoms with E-state index in [2.05, 4.69) is 0 Å². The quantitative estimate of drug-likeness (QED) is 0.133. The van der Waals surface area contributed by atoms with Gasteiger partial charge in [-0.25, -0.2) is 13.2 Å². The number of fused-ring (bicyclic) bond motifs is 1. The van der Waals surface area contributed by atoms with Gasteiger partial charge in [0.15, 0.2) is 15.2 Å². The number of carbonyl (C=O) groups is 3. The van der Waals surface area contributed by atoms with Crippen molar-refractivity contribution in [3.05, 3.63) is 0 Å². The number of esters is 2. The highest BCUT2D eigenvalue weighted by atomic mass is 127. The second-order valence-corrected chi connectivity index (χ2v) is 10.6. The molecule has 0 saturated carbocycles. The zero-order valence-corrected chi connectivity index (χ0v) is 17.3. The molecule has 8 nitrogen and oxygen atoms in total. The first-order valence-electron chi connectivity index (χ1n) is 8.09. The summed E-state index contributed by atoms with van der Waals surface area (Å²) in [6, 6.07) is -1.24. The molecule has 0 aromatic heterocycles. The third-order valence-electron chi connectivity index (χ3n) is 4.63.